The highest BCUT2D eigenvalue weighted by Crippen LogP contribution is 2.26. The molecular formula is C16H23F3N2O2Si. The highest BCUT2D eigenvalue weighted by Gasteiger charge is 2.35. The average Bonchev–Trinajstić information content (AvgIpc) is 2.44. The van der Waals surface area contributed by atoms with Crippen LogP contribution in [0.15, 0.2) is 10.9 Å². The van der Waals surface area contributed by atoms with Gasteiger partial charge in [0.25, 0.3) is 5.56 Å². The lowest BCUT2D eigenvalue weighted by Gasteiger charge is -2.16. The first-order chi connectivity index (χ1) is 11.0. The van der Waals surface area contributed by atoms with Crippen LogP contribution >= 0.6 is 0 Å². The highest BCUT2D eigenvalue weighted by atomic mass is 28.3. The number of alkyl halides is 3. The van der Waals surface area contributed by atoms with E-state index in [1.165, 1.54) is 0 Å². The van der Waals surface area contributed by atoms with Gasteiger partial charge >= 0.3 is 6.18 Å². The van der Waals surface area contributed by atoms with Crippen molar-refractivity contribution in [3.8, 4) is 11.8 Å². The molecule has 4 nitrogen and oxygen atoms in total. The molecule has 1 rings (SSSR count). The molecule has 24 heavy (non-hydrogen) atoms. The van der Waals surface area contributed by atoms with Crippen LogP contribution in [-0.2, 0) is 17.6 Å². The molecule has 0 aromatic carbocycles. The van der Waals surface area contributed by atoms with Gasteiger partial charge < -0.3 is 4.74 Å². The van der Waals surface area contributed by atoms with Gasteiger partial charge in [0.15, 0.2) is 0 Å². The van der Waals surface area contributed by atoms with Gasteiger partial charge in [-0.1, -0.05) is 32.5 Å². The first-order valence-electron chi connectivity index (χ1n) is 7.80. The summed E-state index contributed by atoms with van der Waals surface area (Å²) in [5, 5.41) is 3.87. The molecule has 1 aromatic rings. The Bertz CT molecular complexity index is 667. The van der Waals surface area contributed by atoms with E-state index in [1.807, 2.05) is 6.92 Å². The Morgan fingerprint density at radius 2 is 2.00 bits per heavy atom. The van der Waals surface area contributed by atoms with Crippen LogP contribution in [0, 0.1) is 11.8 Å². The monoisotopic (exact) mass is 360 g/mol. The second-order valence-corrected chi connectivity index (χ2v) is 12.3. The summed E-state index contributed by atoms with van der Waals surface area (Å²) in [6.07, 6.45) is -3.41. The molecular weight excluding hydrogens is 337 g/mol. The van der Waals surface area contributed by atoms with Gasteiger partial charge in [-0.15, -0.1) is 0 Å². The van der Waals surface area contributed by atoms with E-state index in [-0.39, 0.29) is 12.4 Å². The zero-order valence-corrected chi connectivity index (χ0v) is 15.5. The number of nitrogens with zero attached hydrogens (tertiary/aromatic N) is 2. The van der Waals surface area contributed by atoms with Crippen LogP contribution < -0.4 is 5.56 Å². The molecule has 0 fully saturated rings. The Morgan fingerprint density at radius 1 is 1.33 bits per heavy atom. The van der Waals surface area contributed by atoms with E-state index in [1.54, 1.807) is 0 Å². The molecule has 0 spiro atoms. The number of hydrogen-bond donors (Lipinski definition) is 0. The SMILES string of the molecule is CCCC#Cc1cc(C(F)(F)F)c(=O)n(COCC[Si](C)(C)C)n1. The van der Waals surface area contributed by atoms with Crippen molar-refractivity contribution in [2.24, 2.45) is 0 Å². The molecule has 0 radical (unpaired) electrons. The number of hydrogen-bond acceptors (Lipinski definition) is 3. The van der Waals surface area contributed by atoms with Crippen LogP contribution in [0.5, 0.6) is 0 Å². The Balaban J connectivity index is 3.03. The maximum Gasteiger partial charge on any atom is 0.421 e. The van der Waals surface area contributed by atoms with Gasteiger partial charge in [0.2, 0.25) is 0 Å². The summed E-state index contributed by atoms with van der Waals surface area (Å²) in [7, 11) is -1.32. The van der Waals surface area contributed by atoms with E-state index in [0.29, 0.717) is 23.8 Å². The fourth-order valence-corrected chi connectivity index (χ4v) is 2.46. The first kappa shape index (κ1) is 20.5. The molecule has 0 unspecified atom stereocenters. The van der Waals surface area contributed by atoms with Crippen molar-refractivity contribution in [2.75, 3.05) is 6.61 Å². The molecule has 0 saturated heterocycles. The zero-order valence-electron chi connectivity index (χ0n) is 14.5. The number of unbranched alkanes of at least 4 members (excludes halogenated alkanes) is 1. The van der Waals surface area contributed by atoms with Crippen LogP contribution in [-0.4, -0.2) is 24.5 Å². The molecule has 1 heterocycles. The van der Waals surface area contributed by atoms with Gasteiger partial charge in [-0.2, -0.15) is 18.3 Å². The molecule has 134 valence electrons. The van der Waals surface area contributed by atoms with E-state index in [4.69, 9.17) is 4.74 Å². The highest BCUT2D eigenvalue weighted by molar-refractivity contribution is 6.76. The Labute approximate surface area is 141 Å². The van der Waals surface area contributed by atoms with Crippen LogP contribution in [0.4, 0.5) is 13.2 Å². The normalized spacial score (nSPS) is 12.0. The molecule has 0 aliphatic carbocycles. The summed E-state index contributed by atoms with van der Waals surface area (Å²) in [5.41, 5.74) is -2.56. The fraction of sp³-hybridized carbons (Fsp3) is 0.625. The number of rotatable bonds is 6. The average molecular weight is 360 g/mol. The predicted octanol–water partition coefficient (Wildman–Crippen LogP) is 3.73. The minimum Gasteiger partial charge on any atom is -0.359 e. The third-order valence-corrected chi connectivity index (χ3v) is 4.79. The molecule has 0 saturated carbocycles. The number of ether oxygens (including phenoxy) is 1. The maximum atomic E-state index is 13.0. The van der Waals surface area contributed by atoms with Crippen LogP contribution in [0.25, 0.3) is 0 Å². The van der Waals surface area contributed by atoms with Gasteiger partial charge in [-0.05, 0) is 24.5 Å². The Kier molecular flexibility index (Phi) is 7.23. The second-order valence-electron chi connectivity index (χ2n) is 6.65. The van der Waals surface area contributed by atoms with Gasteiger partial charge in [0.1, 0.15) is 18.0 Å². The molecule has 1 aromatic heterocycles. The van der Waals surface area contributed by atoms with E-state index in [9.17, 15) is 18.0 Å². The van der Waals surface area contributed by atoms with E-state index < -0.39 is 25.4 Å². The summed E-state index contributed by atoms with van der Waals surface area (Å²) >= 11 is 0. The van der Waals surface area contributed by atoms with Crippen molar-refractivity contribution in [1.82, 2.24) is 9.78 Å². The summed E-state index contributed by atoms with van der Waals surface area (Å²) < 4.78 is 45.1. The van der Waals surface area contributed by atoms with Crippen molar-refractivity contribution in [3.05, 3.63) is 27.7 Å². The van der Waals surface area contributed by atoms with Crippen molar-refractivity contribution < 1.29 is 17.9 Å². The summed E-state index contributed by atoms with van der Waals surface area (Å²) in [5.74, 6) is 5.30. The van der Waals surface area contributed by atoms with Crippen molar-refractivity contribution in [1.29, 1.82) is 0 Å². The van der Waals surface area contributed by atoms with Crippen LogP contribution in [0.3, 0.4) is 0 Å². The number of halogens is 3. The fourth-order valence-electron chi connectivity index (χ4n) is 1.70. The first-order valence-corrected chi connectivity index (χ1v) is 11.5. The lowest BCUT2D eigenvalue weighted by molar-refractivity contribution is -0.139. The predicted molar refractivity (Wildman–Crippen MR) is 89.4 cm³/mol. The van der Waals surface area contributed by atoms with Crippen molar-refractivity contribution >= 4 is 8.07 Å². The second kappa shape index (κ2) is 8.49. The van der Waals surface area contributed by atoms with E-state index in [2.05, 4.69) is 36.6 Å². The van der Waals surface area contributed by atoms with Gasteiger partial charge in [-0.25, -0.2) is 4.68 Å². The minimum atomic E-state index is -4.75. The standard InChI is InChI=1S/C16H23F3N2O2Si/c1-5-6-7-8-13-11-14(16(17,18)19)15(22)21(20-13)12-23-9-10-24(2,3)4/h11H,5-6,9-10,12H2,1-4H3. The molecule has 0 aliphatic heterocycles. The third-order valence-electron chi connectivity index (χ3n) is 3.08. The molecule has 0 N–H and O–H groups in total. The van der Waals surface area contributed by atoms with Crippen LogP contribution in [0.2, 0.25) is 25.7 Å². The molecule has 0 atom stereocenters. The molecule has 0 aliphatic rings. The van der Waals surface area contributed by atoms with Gasteiger partial charge in [0, 0.05) is 21.1 Å². The summed E-state index contributed by atoms with van der Waals surface area (Å²) in [6.45, 7) is 8.47. The largest absolute Gasteiger partial charge is 0.421 e. The molecule has 8 heteroatoms. The maximum absolute atomic E-state index is 13.0. The van der Waals surface area contributed by atoms with Crippen molar-refractivity contribution in [3.63, 3.8) is 0 Å². The van der Waals surface area contributed by atoms with Crippen LogP contribution in [0.1, 0.15) is 31.0 Å². The van der Waals surface area contributed by atoms with E-state index in [0.717, 1.165) is 12.5 Å². The molecule has 0 amide bonds. The number of aromatic nitrogens is 2. The minimum absolute atomic E-state index is 0.0795. The lowest BCUT2D eigenvalue weighted by Crippen LogP contribution is -2.32. The smallest absolute Gasteiger partial charge is 0.359 e. The summed E-state index contributed by atoms with van der Waals surface area (Å²) in [6, 6.07) is 1.55. The van der Waals surface area contributed by atoms with Crippen molar-refractivity contribution in [2.45, 2.75) is 58.4 Å². The lowest BCUT2D eigenvalue weighted by atomic mass is 10.2. The zero-order chi connectivity index (χ0) is 18.4. The summed E-state index contributed by atoms with van der Waals surface area (Å²) in [4.78, 5) is 11.9. The van der Waals surface area contributed by atoms with E-state index >= 15 is 0 Å². The quantitative estimate of drug-likeness (QED) is 0.441. The van der Waals surface area contributed by atoms with Gasteiger partial charge in [0.05, 0.1) is 0 Å². The Morgan fingerprint density at radius 3 is 2.54 bits per heavy atom. The molecule has 0 bridgehead atoms. The van der Waals surface area contributed by atoms with Gasteiger partial charge in [-0.3, -0.25) is 4.79 Å². The Hall–Kier alpha value is -1.59. The third kappa shape index (κ3) is 6.89. The topological polar surface area (TPSA) is 44.1 Å².